The van der Waals surface area contributed by atoms with Gasteiger partial charge in [0.05, 0.1) is 43.0 Å². The minimum absolute atomic E-state index is 0.0751. The number of carbonyl (C=O) groups is 3. The van der Waals surface area contributed by atoms with Crippen LogP contribution in [0.1, 0.15) is 79.2 Å². The standard InChI is InChI=1S/C40H44N8O5/c1-52-40(51)47-31-8-3-2-6-22-53-23-19-30(46-38(31)49)36-42-24-33(44-36)28-15-11-26(12-16-28)27-13-17-29(18-14-27)34-25-43-37(45-34)35-10-7-21-48(35)39(50)32-9-4-5-20-41-32/h4-5,9,11-18,20,24-25,30-31,35H,2-3,6-8,10,19,21-23H2,1H3,(H,42,44)(H,43,45)(H,46,49)(H,47,51)/t30-,31-,35-/m0/s1. The van der Waals surface area contributed by atoms with Gasteiger partial charge < -0.3 is 35.0 Å². The van der Waals surface area contributed by atoms with Gasteiger partial charge in [-0.15, -0.1) is 0 Å². The summed E-state index contributed by atoms with van der Waals surface area (Å²) in [6.07, 6.45) is 10.00. The number of pyridine rings is 1. The van der Waals surface area contributed by atoms with Crippen LogP contribution in [-0.2, 0) is 14.3 Å². The lowest BCUT2D eigenvalue weighted by molar-refractivity contribution is -0.124. The van der Waals surface area contributed by atoms with Crippen LogP contribution in [0.25, 0.3) is 33.6 Å². The number of amides is 3. The maximum Gasteiger partial charge on any atom is 0.407 e. The van der Waals surface area contributed by atoms with Crippen molar-refractivity contribution in [3.05, 3.63) is 103 Å². The Balaban J connectivity index is 1.01. The summed E-state index contributed by atoms with van der Waals surface area (Å²) in [6, 6.07) is 20.7. The summed E-state index contributed by atoms with van der Waals surface area (Å²) < 4.78 is 10.6. The summed E-state index contributed by atoms with van der Waals surface area (Å²) in [4.78, 5) is 60.6. The Morgan fingerprint density at radius 2 is 1.45 bits per heavy atom. The molecular formula is C40H44N8O5. The monoisotopic (exact) mass is 716 g/mol. The van der Waals surface area contributed by atoms with Crippen LogP contribution in [0.15, 0.2) is 85.3 Å². The van der Waals surface area contributed by atoms with E-state index in [4.69, 9.17) is 9.47 Å². The molecule has 0 radical (unpaired) electrons. The normalized spacial score (nSPS) is 19.8. The summed E-state index contributed by atoms with van der Waals surface area (Å²) >= 11 is 0. The molecular weight excluding hydrogens is 672 g/mol. The van der Waals surface area contributed by atoms with Crippen LogP contribution in [0.2, 0.25) is 0 Å². The molecule has 274 valence electrons. The summed E-state index contributed by atoms with van der Waals surface area (Å²) in [5.41, 5.74) is 6.26. The number of rotatable bonds is 7. The molecule has 0 bridgehead atoms. The first-order chi connectivity index (χ1) is 26.0. The first-order valence-electron chi connectivity index (χ1n) is 18.2. The van der Waals surface area contributed by atoms with E-state index in [0.29, 0.717) is 44.1 Å². The van der Waals surface area contributed by atoms with E-state index in [2.05, 4.69) is 72.0 Å². The molecule has 0 unspecified atom stereocenters. The van der Waals surface area contributed by atoms with Crippen LogP contribution in [0, 0.1) is 0 Å². The SMILES string of the molecule is COC(=O)N[C@H]1CCCCCOCC[C@@H](c2ncc(-c3ccc(-c4ccc(-c5cnc([C@@H]6CCCN6C(=O)c6ccccn6)[nH]5)cc4)cc3)[nH]2)NC1=O. The minimum atomic E-state index is -0.698. The molecule has 2 aliphatic rings. The summed E-state index contributed by atoms with van der Waals surface area (Å²) in [6.45, 7) is 1.80. The predicted octanol–water partition coefficient (Wildman–Crippen LogP) is 6.37. The van der Waals surface area contributed by atoms with E-state index in [1.807, 2.05) is 35.4 Å². The zero-order chi connectivity index (χ0) is 36.6. The molecule has 4 N–H and O–H groups in total. The van der Waals surface area contributed by atoms with Gasteiger partial charge in [-0.3, -0.25) is 14.6 Å². The number of imidazole rings is 2. The number of ether oxygens (including phenoxy) is 2. The molecule has 2 aromatic carbocycles. The number of nitrogens with one attached hydrogen (secondary N) is 4. The maximum atomic E-state index is 13.3. The number of nitrogens with zero attached hydrogens (tertiary/aromatic N) is 4. The number of methoxy groups -OCH3 is 1. The molecule has 0 saturated carbocycles. The molecule has 3 atom stereocenters. The van der Waals surface area contributed by atoms with Crippen LogP contribution in [0.5, 0.6) is 0 Å². The highest BCUT2D eigenvalue weighted by Gasteiger charge is 2.33. The van der Waals surface area contributed by atoms with Gasteiger partial charge in [-0.25, -0.2) is 14.8 Å². The molecule has 2 fully saturated rings. The van der Waals surface area contributed by atoms with Gasteiger partial charge in [0.1, 0.15) is 23.4 Å². The summed E-state index contributed by atoms with van der Waals surface area (Å²) in [7, 11) is 1.29. The van der Waals surface area contributed by atoms with Gasteiger partial charge in [0.25, 0.3) is 5.91 Å². The van der Waals surface area contributed by atoms with E-state index in [0.717, 1.165) is 71.6 Å². The third kappa shape index (κ3) is 8.47. The molecule has 3 aromatic heterocycles. The van der Waals surface area contributed by atoms with Gasteiger partial charge in [0.15, 0.2) is 0 Å². The number of H-pyrrole nitrogens is 2. The Kier molecular flexibility index (Phi) is 11.2. The van der Waals surface area contributed by atoms with E-state index in [9.17, 15) is 14.4 Å². The summed E-state index contributed by atoms with van der Waals surface area (Å²) in [5, 5.41) is 5.73. The second kappa shape index (κ2) is 16.7. The fourth-order valence-corrected chi connectivity index (χ4v) is 6.98. The average molecular weight is 717 g/mol. The van der Waals surface area contributed by atoms with Crippen LogP contribution < -0.4 is 10.6 Å². The molecule has 5 aromatic rings. The van der Waals surface area contributed by atoms with Gasteiger partial charge in [-0.1, -0.05) is 67.4 Å². The van der Waals surface area contributed by atoms with Crippen molar-refractivity contribution >= 4 is 17.9 Å². The van der Waals surface area contributed by atoms with E-state index in [1.165, 1.54) is 7.11 Å². The van der Waals surface area contributed by atoms with E-state index in [-0.39, 0.29) is 17.9 Å². The molecule has 0 spiro atoms. The van der Waals surface area contributed by atoms with Crippen molar-refractivity contribution in [2.24, 2.45) is 0 Å². The van der Waals surface area contributed by atoms with Gasteiger partial charge in [0, 0.05) is 26.0 Å². The molecule has 5 heterocycles. The Morgan fingerprint density at radius 3 is 2.13 bits per heavy atom. The lowest BCUT2D eigenvalue weighted by Gasteiger charge is -2.23. The molecule has 0 aliphatic carbocycles. The van der Waals surface area contributed by atoms with Crippen molar-refractivity contribution in [3.63, 3.8) is 0 Å². The largest absolute Gasteiger partial charge is 0.453 e. The zero-order valence-electron chi connectivity index (χ0n) is 29.7. The number of hydrogen-bond acceptors (Lipinski definition) is 8. The van der Waals surface area contributed by atoms with Crippen LogP contribution in [0.4, 0.5) is 4.79 Å². The Morgan fingerprint density at radius 1 is 0.774 bits per heavy atom. The van der Waals surface area contributed by atoms with E-state index < -0.39 is 18.2 Å². The Labute approximate surface area is 308 Å². The average Bonchev–Trinajstić information content (AvgIpc) is 3.99. The molecule has 13 nitrogen and oxygen atoms in total. The predicted molar refractivity (Wildman–Crippen MR) is 198 cm³/mol. The molecule has 2 aliphatic heterocycles. The first kappa shape index (κ1) is 35.6. The highest BCUT2D eigenvalue weighted by Crippen LogP contribution is 2.33. The number of hydrogen-bond donors (Lipinski definition) is 4. The third-order valence-electron chi connectivity index (χ3n) is 9.90. The molecule has 3 amide bonds. The van der Waals surface area contributed by atoms with Crippen molar-refractivity contribution < 1.29 is 23.9 Å². The Hall–Kier alpha value is -5.82. The van der Waals surface area contributed by atoms with Gasteiger partial charge in [-0.05, 0) is 66.5 Å². The number of benzene rings is 2. The van der Waals surface area contributed by atoms with Crippen molar-refractivity contribution in [1.82, 2.24) is 40.5 Å². The third-order valence-corrected chi connectivity index (χ3v) is 9.90. The topological polar surface area (TPSA) is 167 Å². The zero-order valence-corrected chi connectivity index (χ0v) is 29.7. The van der Waals surface area contributed by atoms with Gasteiger partial charge in [0.2, 0.25) is 5.91 Å². The van der Waals surface area contributed by atoms with Gasteiger partial charge in [-0.2, -0.15) is 0 Å². The molecule has 2 saturated heterocycles. The number of aromatic nitrogens is 5. The lowest BCUT2D eigenvalue weighted by atomic mass is 10.0. The number of carbonyl (C=O) groups excluding carboxylic acids is 3. The highest BCUT2D eigenvalue weighted by molar-refractivity contribution is 5.92. The number of alkyl carbamates (subject to hydrolysis) is 1. The van der Waals surface area contributed by atoms with Crippen LogP contribution >= 0.6 is 0 Å². The van der Waals surface area contributed by atoms with Crippen molar-refractivity contribution in [3.8, 4) is 33.6 Å². The number of likely N-dealkylation sites (tertiary alicyclic amines) is 1. The minimum Gasteiger partial charge on any atom is -0.453 e. The van der Waals surface area contributed by atoms with Crippen molar-refractivity contribution in [1.29, 1.82) is 0 Å². The quantitative estimate of drug-likeness (QED) is 0.151. The Bertz CT molecular complexity index is 1990. The smallest absolute Gasteiger partial charge is 0.407 e. The van der Waals surface area contributed by atoms with Crippen molar-refractivity contribution in [2.75, 3.05) is 26.9 Å². The van der Waals surface area contributed by atoms with E-state index in [1.54, 1.807) is 18.5 Å². The fraction of sp³-hybridized carbons (Fsp3) is 0.350. The molecule has 53 heavy (non-hydrogen) atoms. The van der Waals surface area contributed by atoms with E-state index >= 15 is 0 Å². The second-order valence-electron chi connectivity index (χ2n) is 13.4. The van der Waals surface area contributed by atoms with Crippen LogP contribution in [-0.4, -0.2) is 80.6 Å². The highest BCUT2D eigenvalue weighted by atomic mass is 16.5. The summed E-state index contributed by atoms with van der Waals surface area (Å²) in [5.74, 6) is 1.04. The number of aromatic amines is 2. The van der Waals surface area contributed by atoms with Crippen LogP contribution in [0.3, 0.4) is 0 Å². The fourth-order valence-electron chi connectivity index (χ4n) is 6.98. The first-order valence-corrected chi connectivity index (χ1v) is 18.2. The lowest BCUT2D eigenvalue weighted by Crippen LogP contribution is -2.48. The van der Waals surface area contributed by atoms with Crippen molar-refractivity contribution in [2.45, 2.75) is 63.1 Å². The molecule has 7 rings (SSSR count). The maximum absolute atomic E-state index is 13.3. The van der Waals surface area contributed by atoms with Gasteiger partial charge >= 0.3 is 6.09 Å². The second-order valence-corrected chi connectivity index (χ2v) is 13.4. The molecule has 13 heteroatoms.